The molecule has 106 valence electrons. The van der Waals surface area contributed by atoms with Crippen LogP contribution in [0.1, 0.15) is 5.56 Å². The van der Waals surface area contributed by atoms with Crippen LogP contribution in [0, 0.1) is 0 Å². The van der Waals surface area contributed by atoms with E-state index in [2.05, 4.69) is 4.98 Å². The van der Waals surface area contributed by atoms with E-state index in [0.29, 0.717) is 26.2 Å². The van der Waals surface area contributed by atoms with Crippen LogP contribution in [-0.4, -0.2) is 53.3 Å². The smallest absolute Gasteiger partial charge is 0.227 e. The summed E-state index contributed by atoms with van der Waals surface area (Å²) >= 11 is 0. The van der Waals surface area contributed by atoms with E-state index in [4.69, 9.17) is 4.74 Å². The van der Waals surface area contributed by atoms with E-state index in [9.17, 15) is 9.90 Å². The molecule has 2 aromatic rings. The van der Waals surface area contributed by atoms with Gasteiger partial charge in [-0.15, -0.1) is 0 Å². The Morgan fingerprint density at radius 3 is 3.20 bits per heavy atom. The second kappa shape index (κ2) is 5.64. The number of carbonyl (C=O) groups is 1. The molecule has 1 aliphatic rings. The quantitative estimate of drug-likeness (QED) is 0.875. The molecule has 0 spiro atoms. The molecule has 0 bridgehead atoms. The Hall–Kier alpha value is -1.85. The number of aliphatic hydroxyl groups is 1. The highest BCUT2D eigenvalue weighted by Crippen LogP contribution is 2.16. The predicted octanol–water partition coefficient (Wildman–Crippen LogP) is 0.930. The second-order valence-electron chi connectivity index (χ2n) is 5.07. The van der Waals surface area contributed by atoms with E-state index in [-0.39, 0.29) is 18.6 Å². The van der Waals surface area contributed by atoms with Gasteiger partial charge in [0, 0.05) is 18.3 Å². The molecule has 2 N–H and O–H groups in total. The number of carbonyl (C=O) groups excluding carboxylic acids is 1. The number of aromatic amines is 1. The summed E-state index contributed by atoms with van der Waals surface area (Å²) < 4.78 is 5.29. The van der Waals surface area contributed by atoms with Crippen LogP contribution in [-0.2, 0) is 16.0 Å². The molecule has 1 atom stereocenters. The molecule has 1 unspecified atom stereocenters. The number of fused-ring (bicyclic) bond motifs is 1. The van der Waals surface area contributed by atoms with Gasteiger partial charge in [-0.3, -0.25) is 4.79 Å². The number of ether oxygens (including phenoxy) is 1. The Balaban J connectivity index is 1.73. The molecule has 1 aromatic heterocycles. The lowest BCUT2D eigenvalue weighted by Crippen LogP contribution is -2.51. The normalized spacial score (nSPS) is 19.4. The Morgan fingerprint density at radius 2 is 2.35 bits per heavy atom. The highest BCUT2D eigenvalue weighted by Gasteiger charge is 2.26. The SMILES string of the molecule is O=C(Cc1ccc2cc[nH]c2c1)N1CCOCC1CO. The van der Waals surface area contributed by atoms with Crippen molar-refractivity contribution < 1.29 is 14.6 Å². The summed E-state index contributed by atoms with van der Waals surface area (Å²) in [6.07, 6.45) is 2.24. The lowest BCUT2D eigenvalue weighted by Gasteiger charge is -2.34. The summed E-state index contributed by atoms with van der Waals surface area (Å²) in [7, 11) is 0. The molecule has 1 aromatic carbocycles. The number of benzene rings is 1. The number of nitrogens with one attached hydrogen (secondary N) is 1. The van der Waals surface area contributed by atoms with Crippen molar-refractivity contribution in [3.63, 3.8) is 0 Å². The molecular formula is C15H18N2O3. The van der Waals surface area contributed by atoms with Crippen LogP contribution in [0.15, 0.2) is 30.5 Å². The third-order valence-electron chi connectivity index (χ3n) is 3.73. The lowest BCUT2D eigenvalue weighted by molar-refractivity contribution is -0.140. The van der Waals surface area contributed by atoms with Gasteiger partial charge in [0.05, 0.1) is 32.3 Å². The molecule has 1 amide bonds. The molecule has 1 fully saturated rings. The van der Waals surface area contributed by atoms with Crippen molar-refractivity contribution in [3.05, 3.63) is 36.0 Å². The Kier molecular flexibility index (Phi) is 3.71. The zero-order valence-corrected chi connectivity index (χ0v) is 11.2. The van der Waals surface area contributed by atoms with Crippen molar-refractivity contribution in [2.24, 2.45) is 0 Å². The minimum atomic E-state index is -0.217. The fourth-order valence-corrected chi connectivity index (χ4v) is 2.62. The summed E-state index contributed by atoms with van der Waals surface area (Å²) in [4.78, 5) is 17.2. The van der Waals surface area contributed by atoms with Gasteiger partial charge < -0.3 is 19.7 Å². The van der Waals surface area contributed by atoms with Crippen molar-refractivity contribution in [1.29, 1.82) is 0 Å². The number of rotatable bonds is 3. The van der Waals surface area contributed by atoms with E-state index in [1.165, 1.54) is 0 Å². The van der Waals surface area contributed by atoms with Crippen LogP contribution in [0.3, 0.4) is 0 Å². The molecule has 0 saturated carbocycles. The van der Waals surface area contributed by atoms with Crippen molar-refractivity contribution in [1.82, 2.24) is 9.88 Å². The van der Waals surface area contributed by atoms with Crippen LogP contribution in [0.2, 0.25) is 0 Å². The number of morpholine rings is 1. The average Bonchev–Trinajstić information content (AvgIpc) is 2.94. The molecule has 2 heterocycles. The van der Waals surface area contributed by atoms with Crippen molar-refractivity contribution in [3.8, 4) is 0 Å². The fraction of sp³-hybridized carbons (Fsp3) is 0.400. The molecular weight excluding hydrogens is 256 g/mol. The van der Waals surface area contributed by atoms with E-state index < -0.39 is 0 Å². The first-order valence-corrected chi connectivity index (χ1v) is 6.82. The maximum absolute atomic E-state index is 12.4. The summed E-state index contributed by atoms with van der Waals surface area (Å²) in [6.45, 7) is 1.45. The highest BCUT2D eigenvalue weighted by molar-refractivity contribution is 5.83. The molecule has 20 heavy (non-hydrogen) atoms. The second-order valence-corrected chi connectivity index (χ2v) is 5.07. The van der Waals surface area contributed by atoms with Crippen molar-refractivity contribution in [2.75, 3.05) is 26.4 Å². The standard InChI is InChI=1S/C15H18N2O3/c18-9-13-10-20-6-5-17(13)15(19)8-11-1-2-12-3-4-16-14(12)7-11/h1-4,7,13,16,18H,5-6,8-10H2. The van der Waals surface area contributed by atoms with Crippen LogP contribution in [0.4, 0.5) is 0 Å². The number of H-pyrrole nitrogens is 1. The first-order chi connectivity index (χ1) is 9.78. The third kappa shape index (κ3) is 2.55. The lowest BCUT2D eigenvalue weighted by atomic mass is 10.1. The predicted molar refractivity (Wildman–Crippen MR) is 75.4 cm³/mol. The van der Waals surface area contributed by atoms with Gasteiger partial charge >= 0.3 is 0 Å². The molecule has 5 heteroatoms. The van der Waals surface area contributed by atoms with Gasteiger partial charge in [-0.05, 0) is 23.1 Å². The summed E-state index contributed by atoms with van der Waals surface area (Å²) in [6, 6.07) is 7.77. The van der Waals surface area contributed by atoms with Gasteiger partial charge in [0.15, 0.2) is 0 Å². The minimum Gasteiger partial charge on any atom is -0.394 e. The molecule has 1 saturated heterocycles. The Morgan fingerprint density at radius 1 is 1.45 bits per heavy atom. The first kappa shape index (κ1) is 13.1. The molecule has 0 aliphatic carbocycles. The Bertz CT molecular complexity index is 608. The number of amides is 1. The van der Waals surface area contributed by atoms with Crippen LogP contribution >= 0.6 is 0 Å². The number of hydrogen-bond donors (Lipinski definition) is 2. The minimum absolute atomic E-state index is 0.0401. The number of nitrogens with zero attached hydrogens (tertiary/aromatic N) is 1. The van der Waals surface area contributed by atoms with Gasteiger partial charge in [-0.25, -0.2) is 0 Å². The van der Waals surface area contributed by atoms with Gasteiger partial charge in [0.2, 0.25) is 5.91 Å². The molecule has 0 radical (unpaired) electrons. The average molecular weight is 274 g/mol. The van der Waals surface area contributed by atoms with Crippen molar-refractivity contribution in [2.45, 2.75) is 12.5 Å². The maximum atomic E-state index is 12.4. The van der Waals surface area contributed by atoms with E-state index >= 15 is 0 Å². The van der Waals surface area contributed by atoms with Crippen LogP contribution < -0.4 is 0 Å². The van der Waals surface area contributed by atoms with Gasteiger partial charge in [0.25, 0.3) is 0 Å². The van der Waals surface area contributed by atoms with Gasteiger partial charge in [0.1, 0.15) is 0 Å². The largest absolute Gasteiger partial charge is 0.394 e. The topological polar surface area (TPSA) is 65.6 Å². The fourth-order valence-electron chi connectivity index (χ4n) is 2.62. The van der Waals surface area contributed by atoms with Gasteiger partial charge in [-0.1, -0.05) is 12.1 Å². The monoisotopic (exact) mass is 274 g/mol. The highest BCUT2D eigenvalue weighted by atomic mass is 16.5. The third-order valence-corrected chi connectivity index (χ3v) is 3.73. The van der Waals surface area contributed by atoms with Crippen LogP contribution in [0.5, 0.6) is 0 Å². The zero-order chi connectivity index (χ0) is 13.9. The number of aliphatic hydroxyl groups excluding tert-OH is 1. The number of aromatic nitrogens is 1. The van der Waals surface area contributed by atoms with Gasteiger partial charge in [-0.2, -0.15) is 0 Å². The zero-order valence-electron chi connectivity index (χ0n) is 11.2. The van der Waals surface area contributed by atoms with E-state index in [1.54, 1.807) is 4.90 Å². The van der Waals surface area contributed by atoms with E-state index in [1.807, 2.05) is 30.5 Å². The maximum Gasteiger partial charge on any atom is 0.227 e. The van der Waals surface area contributed by atoms with Crippen LogP contribution in [0.25, 0.3) is 10.9 Å². The summed E-state index contributed by atoms with van der Waals surface area (Å²) in [5, 5.41) is 10.5. The molecule has 1 aliphatic heterocycles. The van der Waals surface area contributed by atoms with Crippen molar-refractivity contribution >= 4 is 16.8 Å². The summed E-state index contributed by atoms with van der Waals surface area (Å²) in [5.74, 6) is 0.0401. The molecule has 5 nitrogen and oxygen atoms in total. The summed E-state index contributed by atoms with van der Waals surface area (Å²) in [5.41, 5.74) is 2.02. The first-order valence-electron chi connectivity index (χ1n) is 6.82. The number of hydrogen-bond acceptors (Lipinski definition) is 3. The molecule has 3 rings (SSSR count). The van der Waals surface area contributed by atoms with E-state index in [0.717, 1.165) is 16.5 Å². The Labute approximate surface area is 117 Å².